The van der Waals surface area contributed by atoms with Gasteiger partial charge in [0.1, 0.15) is 0 Å². The molecule has 0 saturated heterocycles. The zero-order valence-electron chi connectivity index (χ0n) is 26.5. The molecule has 1 aromatic heterocycles. The maximum Gasteiger partial charge on any atom is 0.162 e. The van der Waals surface area contributed by atoms with E-state index >= 15 is 0 Å². The first-order valence-electron chi connectivity index (χ1n) is 15.8. The van der Waals surface area contributed by atoms with Gasteiger partial charge in [0.2, 0.25) is 0 Å². The largest absolute Gasteiger partial charge is 0.512 e. The first-order chi connectivity index (χ1) is 20.3. The van der Waals surface area contributed by atoms with E-state index in [2.05, 4.69) is 86.8 Å². The molecule has 0 unspecified atom stereocenters. The van der Waals surface area contributed by atoms with E-state index in [1.165, 1.54) is 44.7 Å². The second-order valence-electron chi connectivity index (χ2n) is 11.7. The number of aromatic nitrogens is 1. The van der Waals surface area contributed by atoms with Crippen LogP contribution in [0.5, 0.6) is 0 Å². The summed E-state index contributed by atoms with van der Waals surface area (Å²) in [5, 5.41) is 12.2. The summed E-state index contributed by atoms with van der Waals surface area (Å²) in [6, 6.07) is 25.4. The van der Waals surface area contributed by atoms with Crippen LogP contribution in [-0.4, -0.2) is 15.9 Å². The number of nitrogens with zero attached hydrogens (tertiary/aromatic N) is 1. The van der Waals surface area contributed by atoms with E-state index in [-0.39, 0.29) is 43.5 Å². The number of fused-ring (bicyclic) bond motifs is 4. The van der Waals surface area contributed by atoms with Gasteiger partial charge in [-0.15, -0.1) is 29.1 Å². The molecule has 4 heteroatoms. The molecule has 4 aromatic rings. The Morgan fingerprint density at radius 3 is 2.16 bits per heavy atom. The van der Waals surface area contributed by atoms with Gasteiger partial charge in [0, 0.05) is 49.9 Å². The Hall–Kier alpha value is -3.07. The quantitative estimate of drug-likeness (QED) is 0.105. The molecule has 0 amide bonds. The van der Waals surface area contributed by atoms with Crippen molar-refractivity contribution in [1.29, 1.82) is 0 Å². The van der Waals surface area contributed by atoms with Crippen molar-refractivity contribution in [2.75, 3.05) is 0 Å². The molecular formula is C39H46IrNO2-. The Morgan fingerprint density at radius 1 is 0.860 bits per heavy atom. The number of pyridine rings is 1. The number of hydrogen-bond donors (Lipinski definition) is 1. The minimum Gasteiger partial charge on any atom is -0.512 e. The average Bonchev–Trinajstić information content (AvgIpc) is 3.01. The van der Waals surface area contributed by atoms with Crippen molar-refractivity contribution < 1.29 is 30.0 Å². The summed E-state index contributed by atoms with van der Waals surface area (Å²) in [7, 11) is 0. The van der Waals surface area contributed by atoms with Gasteiger partial charge in [0.05, 0.1) is 5.76 Å². The molecule has 43 heavy (non-hydrogen) atoms. The topological polar surface area (TPSA) is 50.2 Å². The van der Waals surface area contributed by atoms with E-state index in [1.54, 1.807) is 0 Å². The van der Waals surface area contributed by atoms with E-state index in [4.69, 9.17) is 4.98 Å². The number of carbonyl (C=O) groups is 1. The van der Waals surface area contributed by atoms with Crippen molar-refractivity contribution in [2.45, 2.75) is 86.0 Å². The number of rotatable bonds is 9. The summed E-state index contributed by atoms with van der Waals surface area (Å²) in [6.07, 6.45) is 9.14. The van der Waals surface area contributed by atoms with Crippen LogP contribution in [0.4, 0.5) is 0 Å². The van der Waals surface area contributed by atoms with Gasteiger partial charge in [0.25, 0.3) is 0 Å². The fourth-order valence-corrected chi connectivity index (χ4v) is 6.00. The van der Waals surface area contributed by atoms with Gasteiger partial charge in [-0.1, -0.05) is 101 Å². The zero-order valence-corrected chi connectivity index (χ0v) is 28.9. The maximum atomic E-state index is 11.7. The molecular weight excluding hydrogens is 707 g/mol. The third kappa shape index (κ3) is 8.11. The second kappa shape index (κ2) is 16.1. The summed E-state index contributed by atoms with van der Waals surface area (Å²) in [5.74, 6) is 1.01. The third-order valence-electron chi connectivity index (χ3n) is 8.74. The molecule has 0 bridgehead atoms. The number of aliphatic hydroxyl groups excluding tert-OH is 1. The van der Waals surface area contributed by atoms with Crippen LogP contribution in [0.2, 0.25) is 0 Å². The maximum absolute atomic E-state index is 11.7. The number of benzene rings is 3. The Kier molecular flexibility index (Phi) is 12.9. The molecule has 1 heterocycles. The molecule has 0 spiro atoms. The molecule has 0 fully saturated rings. The van der Waals surface area contributed by atoms with E-state index in [9.17, 15) is 9.90 Å². The number of carbonyl (C=O) groups excluding carboxylic acids is 1. The Labute approximate surface area is 272 Å². The molecule has 5 rings (SSSR count). The van der Waals surface area contributed by atoms with Gasteiger partial charge in [-0.2, -0.15) is 0 Å². The standard InChI is InChI=1S/C26H22N.C13H24O2.Ir/c1-17(2)24-14-21(13-19-8-4-6-10-23(19)24)26-15-25-20(16-27-26)12-11-18-7-3-5-9-22(18)25;1-5-10(6-2)12(14)9-13(15)11(7-3)8-4;/h3-10,14-17H,11-12H2,1-2H3;9-11,14H,5-8H2,1-4H3;/q-1;;/b;12-9-;. The Morgan fingerprint density at radius 2 is 1.49 bits per heavy atom. The summed E-state index contributed by atoms with van der Waals surface area (Å²) in [5.41, 5.74) is 8.93. The van der Waals surface area contributed by atoms with Gasteiger partial charge >= 0.3 is 0 Å². The minimum absolute atomic E-state index is 0. The SMILES string of the molecule is CC(C)c1cc(-c2cc3c(cn2)CCc2ccccc2-3)[c-]c2ccccc12.CCC(CC)C(=O)/C=C(\O)C(CC)CC.[Ir]. The van der Waals surface area contributed by atoms with E-state index in [0.717, 1.165) is 49.8 Å². The predicted octanol–water partition coefficient (Wildman–Crippen LogP) is 10.5. The summed E-state index contributed by atoms with van der Waals surface area (Å²) >= 11 is 0. The van der Waals surface area contributed by atoms with Crippen LogP contribution in [0, 0.1) is 17.9 Å². The molecule has 229 valence electrons. The fourth-order valence-electron chi connectivity index (χ4n) is 6.00. The first kappa shape index (κ1) is 34.4. The number of aryl methyl sites for hydroxylation is 2. The molecule has 1 aliphatic carbocycles. The number of ketones is 1. The molecule has 0 aliphatic heterocycles. The van der Waals surface area contributed by atoms with Crippen molar-refractivity contribution in [3.05, 3.63) is 101 Å². The van der Waals surface area contributed by atoms with E-state index < -0.39 is 0 Å². The van der Waals surface area contributed by atoms with Crippen LogP contribution >= 0.6 is 0 Å². The average molecular weight is 753 g/mol. The minimum atomic E-state index is 0. The van der Waals surface area contributed by atoms with Crippen LogP contribution in [0.1, 0.15) is 89.8 Å². The molecule has 3 aromatic carbocycles. The van der Waals surface area contributed by atoms with Gasteiger partial charge in [-0.3, -0.25) is 9.78 Å². The monoisotopic (exact) mass is 753 g/mol. The second-order valence-corrected chi connectivity index (χ2v) is 11.7. The summed E-state index contributed by atoms with van der Waals surface area (Å²) < 4.78 is 0. The molecule has 1 aliphatic rings. The Balaban J connectivity index is 0.000000274. The zero-order chi connectivity index (χ0) is 30.2. The van der Waals surface area contributed by atoms with Crippen molar-refractivity contribution >= 4 is 16.6 Å². The van der Waals surface area contributed by atoms with Crippen molar-refractivity contribution in [3.63, 3.8) is 0 Å². The first-order valence-corrected chi connectivity index (χ1v) is 15.8. The molecule has 0 atom stereocenters. The van der Waals surface area contributed by atoms with Crippen LogP contribution in [0.25, 0.3) is 33.2 Å². The predicted molar refractivity (Wildman–Crippen MR) is 177 cm³/mol. The number of allylic oxidation sites excluding steroid dienone is 2. The van der Waals surface area contributed by atoms with Crippen LogP contribution in [0.15, 0.2) is 78.7 Å². The normalized spacial score (nSPS) is 12.4. The molecule has 1 N–H and O–H groups in total. The van der Waals surface area contributed by atoms with E-state index in [1.807, 2.05) is 27.7 Å². The van der Waals surface area contributed by atoms with Gasteiger partial charge in [-0.25, -0.2) is 0 Å². The molecule has 1 radical (unpaired) electrons. The van der Waals surface area contributed by atoms with Crippen molar-refractivity contribution in [2.24, 2.45) is 11.8 Å². The number of hydrogen-bond acceptors (Lipinski definition) is 3. The molecule has 3 nitrogen and oxygen atoms in total. The van der Waals surface area contributed by atoms with Gasteiger partial charge in [-0.05, 0) is 66.7 Å². The van der Waals surface area contributed by atoms with Crippen LogP contribution in [-0.2, 0) is 37.7 Å². The van der Waals surface area contributed by atoms with Gasteiger partial charge in [0.15, 0.2) is 5.78 Å². The summed E-state index contributed by atoms with van der Waals surface area (Å²) in [4.78, 5) is 16.5. The number of aliphatic hydroxyl groups is 1. The van der Waals surface area contributed by atoms with Crippen molar-refractivity contribution in [3.8, 4) is 22.4 Å². The molecule has 0 saturated carbocycles. The fraction of sp³-hybridized carbons (Fsp3) is 0.385. The van der Waals surface area contributed by atoms with E-state index in [0.29, 0.717) is 5.92 Å². The van der Waals surface area contributed by atoms with Crippen LogP contribution < -0.4 is 0 Å². The Bertz CT molecular complexity index is 1550. The van der Waals surface area contributed by atoms with Gasteiger partial charge < -0.3 is 5.11 Å². The van der Waals surface area contributed by atoms with Crippen LogP contribution in [0.3, 0.4) is 0 Å². The van der Waals surface area contributed by atoms with Crippen molar-refractivity contribution in [1.82, 2.24) is 4.98 Å². The summed E-state index contributed by atoms with van der Waals surface area (Å²) in [6.45, 7) is 12.6. The third-order valence-corrected chi connectivity index (χ3v) is 8.74. The smallest absolute Gasteiger partial charge is 0.162 e.